The molecule has 0 saturated carbocycles. The van der Waals surface area contributed by atoms with Crippen LogP contribution in [0.2, 0.25) is 19.6 Å². The first-order valence-electron chi connectivity index (χ1n) is 4.51. The SMILES string of the molecule is CCOP(=O)(N[Si](C)(C)C)OCC. The molecule has 0 saturated heterocycles. The molecular weight excluding hydrogens is 205 g/mol. The van der Waals surface area contributed by atoms with E-state index in [1.54, 1.807) is 13.8 Å². The van der Waals surface area contributed by atoms with Crippen LogP contribution in [0.15, 0.2) is 0 Å². The molecule has 4 nitrogen and oxygen atoms in total. The molecule has 80 valence electrons. The Morgan fingerprint density at radius 2 is 1.54 bits per heavy atom. The predicted octanol–water partition coefficient (Wildman–Crippen LogP) is 2.59. The van der Waals surface area contributed by atoms with Crippen LogP contribution in [0.3, 0.4) is 0 Å². The molecule has 0 aliphatic heterocycles. The minimum absolute atomic E-state index is 0.398. The van der Waals surface area contributed by atoms with Gasteiger partial charge >= 0.3 is 7.75 Å². The van der Waals surface area contributed by atoms with Gasteiger partial charge in [-0.1, -0.05) is 19.6 Å². The lowest BCUT2D eigenvalue weighted by molar-refractivity contribution is 0.216. The molecule has 0 heterocycles. The third-order valence-electron chi connectivity index (χ3n) is 1.07. The van der Waals surface area contributed by atoms with Crippen molar-refractivity contribution in [2.45, 2.75) is 33.5 Å². The molecule has 0 aromatic heterocycles. The van der Waals surface area contributed by atoms with Gasteiger partial charge in [0.2, 0.25) is 0 Å². The van der Waals surface area contributed by atoms with E-state index in [1.165, 1.54) is 0 Å². The van der Waals surface area contributed by atoms with Gasteiger partial charge in [0, 0.05) is 0 Å². The van der Waals surface area contributed by atoms with Gasteiger partial charge in [-0.25, -0.2) is 9.32 Å². The van der Waals surface area contributed by atoms with Crippen LogP contribution in [0.4, 0.5) is 0 Å². The van der Waals surface area contributed by atoms with Gasteiger partial charge in [0.1, 0.15) is 8.24 Å². The van der Waals surface area contributed by atoms with Crippen molar-refractivity contribution in [3.8, 4) is 0 Å². The number of hydrogen-bond acceptors (Lipinski definition) is 3. The average molecular weight is 225 g/mol. The molecule has 0 rings (SSSR count). The highest BCUT2D eigenvalue weighted by Crippen LogP contribution is 2.44. The largest absolute Gasteiger partial charge is 0.399 e. The normalized spacial score (nSPS) is 13.3. The van der Waals surface area contributed by atoms with Crippen molar-refractivity contribution in [2.24, 2.45) is 0 Å². The Kier molecular flexibility index (Phi) is 5.40. The summed E-state index contributed by atoms with van der Waals surface area (Å²) in [6.07, 6.45) is 0. The van der Waals surface area contributed by atoms with E-state index in [1.807, 2.05) is 0 Å². The standard InChI is InChI=1S/C7H20NO3PSi/c1-6-10-12(9,11-7-2)8-13(3,4)5/h6-7H2,1-5H3,(H,8,9). The third kappa shape index (κ3) is 6.40. The molecule has 0 unspecified atom stereocenters. The van der Waals surface area contributed by atoms with Crippen LogP contribution in [0.1, 0.15) is 13.8 Å². The van der Waals surface area contributed by atoms with Gasteiger partial charge in [-0.15, -0.1) is 0 Å². The van der Waals surface area contributed by atoms with Crippen LogP contribution < -0.4 is 4.75 Å². The summed E-state index contributed by atoms with van der Waals surface area (Å²) < 4.78 is 25.1. The van der Waals surface area contributed by atoms with E-state index in [9.17, 15) is 4.57 Å². The first-order chi connectivity index (χ1) is 5.83. The molecule has 1 N–H and O–H groups in total. The first kappa shape index (κ1) is 13.3. The lowest BCUT2D eigenvalue weighted by Crippen LogP contribution is -2.39. The summed E-state index contributed by atoms with van der Waals surface area (Å²) in [6.45, 7) is 10.6. The summed E-state index contributed by atoms with van der Waals surface area (Å²) in [5.41, 5.74) is 0. The minimum atomic E-state index is -3.03. The van der Waals surface area contributed by atoms with Gasteiger partial charge in [0.05, 0.1) is 13.2 Å². The molecule has 6 heteroatoms. The zero-order valence-corrected chi connectivity index (χ0v) is 11.0. The summed E-state index contributed by atoms with van der Waals surface area (Å²) in [4.78, 5) is 0. The lowest BCUT2D eigenvalue weighted by atomic mass is 10.9. The first-order valence-corrected chi connectivity index (χ1v) is 9.56. The van der Waals surface area contributed by atoms with Crippen molar-refractivity contribution in [2.75, 3.05) is 13.2 Å². The van der Waals surface area contributed by atoms with Gasteiger partial charge in [-0.2, -0.15) is 0 Å². The number of hydrogen-bond donors (Lipinski definition) is 1. The van der Waals surface area contributed by atoms with Gasteiger partial charge in [-0.3, -0.25) is 9.05 Å². The lowest BCUT2D eigenvalue weighted by Gasteiger charge is -2.25. The number of rotatable bonds is 6. The summed E-state index contributed by atoms with van der Waals surface area (Å²) >= 11 is 0. The van der Waals surface area contributed by atoms with E-state index >= 15 is 0 Å². The molecule has 0 amide bonds. The average Bonchev–Trinajstić information content (AvgIpc) is 1.82. The topological polar surface area (TPSA) is 47.6 Å². The maximum absolute atomic E-state index is 11.9. The van der Waals surface area contributed by atoms with Crippen LogP contribution in [-0.4, -0.2) is 21.4 Å². The van der Waals surface area contributed by atoms with Crippen molar-refractivity contribution in [1.29, 1.82) is 0 Å². The maximum atomic E-state index is 11.9. The Bertz CT molecular complexity index is 183. The van der Waals surface area contributed by atoms with Gasteiger partial charge < -0.3 is 0 Å². The van der Waals surface area contributed by atoms with E-state index in [2.05, 4.69) is 24.4 Å². The fraction of sp³-hybridized carbons (Fsp3) is 1.00. The molecule has 0 aliphatic carbocycles. The van der Waals surface area contributed by atoms with Gasteiger partial charge in [-0.05, 0) is 13.8 Å². The highest BCUT2D eigenvalue weighted by molar-refractivity contribution is 7.54. The molecule has 0 spiro atoms. The van der Waals surface area contributed by atoms with Crippen LogP contribution in [0.5, 0.6) is 0 Å². The fourth-order valence-corrected chi connectivity index (χ4v) is 5.41. The second-order valence-electron chi connectivity index (χ2n) is 3.69. The Balaban J connectivity index is 4.33. The highest BCUT2D eigenvalue weighted by Gasteiger charge is 2.30. The predicted molar refractivity (Wildman–Crippen MR) is 57.3 cm³/mol. The molecule has 0 aliphatic rings. The molecule has 13 heavy (non-hydrogen) atoms. The molecule has 0 fully saturated rings. The third-order valence-corrected chi connectivity index (χ3v) is 6.05. The van der Waals surface area contributed by atoms with Crippen LogP contribution in [0.25, 0.3) is 0 Å². The number of nitrogens with one attached hydrogen (secondary N) is 1. The summed E-state index contributed by atoms with van der Waals surface area (Å²) in [6, 6.07) is 0. The summed E-state index contributed by atoms with van der Waals surface area (Å²) in [7, 11) is -4.66. The smallest absolute Gasteiger partial charge is 0.297 e. The Hall–Kier alpha value is 0.327. The van der Waals surface area contributed by atoms with Crippen molar-refractivity contribution >= 4 is 16.0 Å². The van der Waals surface area contributed by atoms with Crippen LogP contribution in [0, 0.1) is 0 Å². The molecule has 0 atom stereocenters. The van der Waals surface area contributed by atoms with Crippen molar-refractivity contribution in [1.82, 2.24) is 4.75 Å². The maximum Gasteiger partial charge on any atom is 0.399 e. The highest BCUT2D eigenvalue weighted by atomic mass is 31.2. The van der Waals surface area contributed by atoms with Crippen molar-refractivity contribution in [3.63, 3.8) is 0 Å². The van der Waals surface area contributed by atoms with E-state index < -0.39 is 16.0 Å². The molecule has 0 bridgehead atoms. The van der Waals surface area contributed by atoms with Crippen molar-refractivity contribution in [3.05, 3.63) is 0 Å². The summed E-state index contributed by atoms with van der Waals surface area (Å²) in [5, 5.41) is 0. The van der Waals surface area contributed by atoms with E-state index in [-0.39, 0.29) is 0 Å². The quantitative estimate of drug-likeness (QED) is 0.557. The molecular formula is C7H20NO3PSi. The van der Waals surface area contributed by atoms with E-state index in [0.717, 1.165) is 0 Å². The summed E-state index contributed by atoms with van der Waals surface area (Å²) in [5.74, 6) is 0. The van der Waals surface area contributed by atoms with E-state index in [0.29, 0.717) is 13.2 Å². The van der Waals surface area contributed by atoms with Gasteiger partial charge in [0.25, 0.3) is 0 Å². The molecule has 0 radical (unpaired) electrons. The minimum Gasteiger partial charge on any atom is -0.297 e. The molecule has 0 aromatic rings. The fourth-order valence-electron chi connectivity index (χ4n) is 0.853. The molecule has 0 aromatic carbocycles. The second-order valence-corrected chi connectivity index (χ2v) is 10.6. The van der Waals surface area contributed by atoms with E-state index in [4.69, 9.17) is 9.05 Å². The Morgan fingerprint density at radius 3 is 1.77 bits per heavy atom. The monoisotopic (exact) mass is 225 g/mol. The van der Waals surface area contributed by atoms with Crippen LogP contribution >= 0.6 is 7.75 Å². The zero-order chi connectivity index (χ0) is 10.5. The zero-order valence-electron chi connectivity index (χ0n) is 9.09. The Morgan fingerprint density at radius 1 is 1.15 bits per heavy atom. The van der Waals surface area contributed by atoms with Crippen LogP contribution in [-0.2, 0) is 13.6 Å². The van der Waals surface area contributed by atoms with Gasteiger partial charge in [0.15, 0.2) is 0 Å². The Labute approximate surface area is 81.7 Å². The van der Waals surface area contributed by atoms with Crippen molar-refractivity contribution < 1.29 is 13.6 Å². The second kappa shape index (κ2) is 5.27.